The van der Waals surface area contributed by atoms with Gasteiger partial charge in [-0.2, -0.15) is 0 Å². The molecule has 1 aliphatic rings. The molecule has 178 valence electrons. The second-order valence-corrected chi connectivity index (χ2v) is 11.7. The summed E-state index contributed by atoms with van der Waals surface area (Å²) in [5.41, 5.74) is 14.5. The van der Waals surface area contributed by atoms with Gasteiger partial charge in [-0.05, 0) is 104 Å². The van der Waals surface area contributed by atoms with E-state index >= 15 is 0 Å². The maximum Gasteiger partial charge on any atom is 0.0451 e. The number of hydrogen-bond donors (Lipinski definition) is 0. The van der Waals surface area contributed by atoms with Crippen LogP contribution in [0, 0.1) is 20.8 Å². The Morgan fingerprint density at radius 1 is 0.600 bits per heavy atom. The van der Waals surface area contributed by atoms with Gasteiger partial charge in [-0.1, -0.05) is 80.1 Å². The van der Waals surface area contributed by atoms with E-state index in [1.807, 2.05) is 0 Å². The average molecular weight is 460 g/mol. The minimum atomic E-state index is -0.0920. The predicted molar refractivity (Wildman–Crippen MR) is 152 cm³/mol. The zero-order chi connectivity index (χ0) is 25.1. The Morgan fingerprint density at radius 3 is 1.94 bits per heavy atom. The lowest BCUT2D eigenvalue weighted by atomic mass is 9.81. The second kappa shape index (κ2) is 8.12. The molecule has 0 aliphatic heterocycles. The van der Waals surface area contributed by atoms with Crippen LogP contribution < -0.4 is 4.90 Å². The molecule has 0 N–H and O–H groups in total. The SMILES string of the molecule is Cc1ccc2c(c1)C(C)(C)c1cc(N(c3cc(-c4ccccc4)ccc3C)C(C)(C)C)c(C)cc1-2. The van der Waals surface area contributed by atoms with Crippen LogP contribution >= 0.6 is 0 Å². The normalized spacial score (nSPS) is 13.9. The van der Waals surface area contributed by atoms with Gasteiger partial charge in [-0.15, -0.1) is 0 Å². The number of benzene rings is 4. The topological polar surface area (TPSA) is 3.24 Å². The molecule has 0 unspecified atom stereocenters. The van der Waals surface area contributed by atoms with Crippen molar-refractivity contribution in [3.8, 4) is 22.3 Å². The Hall–Kier alpha value is -3.32. The van der Waals surface area contributed by atoms with Crippen molar-refractivity contribution in [3.63, 3.8) is 0 Å². The Bertz CT molecular complexity index is 1420. The minimum absolute atomic E-state index is 0.0242. The van der Waals surface area contributed by atoms with Gasteiger partial charge in [0.1, 0.15) is 0 Å². The molecular formula is C34H37N. The third kappa shape index (κ3) is 3.88. The van der Waals surface area contributed by atoms with Crippen LogP contribution in [0.5, 0.6) is 0 Å². The second-order valence-electron chi connectivity index (χ2n) is 11.7. The van der Waals surface area contributed by atoms with Crippen LogP contribution in [0.4, 0.5) is 11.4 Å². The fourth-order valence-corrected chi connectivity index (χ4v) is 5.75. The fourth-order valence-electron chi connectivity index (χ4n) is 5.75. The van der Waals surface area contributed by atoms with E-state index in [-0.39, 0.29) is 11.0 Å². The molecular weight excluding hydrogens is 422 g/mol. The summed E-state index contributed by atoms with van der Waals surface area (Å²) in [5, 5.41) is 0. The van der Waals surface area contributed by atoms with Crippen molar-refractivity contribution in [2.24, 2.45) is 0 Å². The van der Waals surface area contributed by atoms with E-state index < -0.39 is 0 Å². The quantitative estimate of drug-likeness (QED) is 0.295. The van der Waals surface area contributed by atoms with Gasteiger partial charge in [0.05, 0.1) is 0 Å². The van der Waals surface area contributed by atoms with E-state index in [2.05, 4.69) is 139 Å². The van der Waals surface area contributed by atoms with Gasteiger partial charge in [0.2, 0.25) is 0 Å². The molecule has 0 aromatic heterocycles. The van der Waals surface area contributed by atoms with Crippen molar-refractivity contribution in [3.05, 3.63) is 107 Å². The summed E-state index contributed by atoms with van der Waals surface area (Å²) in [5.74, 6) is 0. The molecule has 0 radical (unpaired) electrons. The zero-order valence-electron chi connectivity index (χ0n) is 22.5. The van der Waals surface area contributed by atoms with Crippen LogP contribution in [-0.4, -0.2) is 5.54 Å². The van der Waals surface area contributed by atoms with Crippen LogP contribution in [0.15, 0.2) is 78.9 Å². The highest BCUT2D eigenvalue weighted by Gasteiger charge is 2.37. The molecule has 0 fully saturated rings. The van der Waals surface area contributed by atoms with Crippen LogP contribution in [0.25, 0.3) is 22.3 Å². The van der Waals surface area contributed by atoms with E-state index in [0.29, 0.717) is 0 Å². The summed E-state index contributed by atoms with van der Waals surface area (Å²) in [6.45, 7) is 18.4. The van der Waals surface area contributed by atoms with Crippen molar-refractivity contribution in [2.45, 2.75) is 66.3 Å². The molecule has 0 atom stereocenters. The van der Waals surface area contributed by atoms with E-state index in [9.17, 15) is 0 Å². The van der Waals surface area contributed by atoms with E-state index in [0.717, 1.165) is 0 Å². The maximum absolute atomic E-state index is 2.55. The van der Waals surface area contributed by atoms with E-state index in [1.165, 1.54) is 61.4 Å². The highest BCUT2D eigenvalue weighted by atomic mass is 15.2. The average Bonchev–Trinajstić information content (AvgIpc) is 3.01. The lowest BCUT2D eigenvalue weighted by Gasteiger charge is -2.40. The Morgan fingerprint density at radius 2 is 1.26 bits per heavy atom. The van der Waals surface area contributed by atoms with E-state index in [4.69, 9.17) is 0 Å². The van der Waals surface area contributed by atoms with Gasteiger partial charge >= 0.3 is 0 Å². The van der Waals surface area contributed by atoms with Gasteiger partial charge < -0.3 is 4.90 Å². The fraction of sp³-hybridized carbons (Fsp3) is 0.294. The van der Waals surface area contributed by atoms with Crippen LogP contribution in [-0.2, 0) is 5.41 Å². The zero-order valence-corrected chi connectivity index (χ0v) is 22.5. The van der Waals surface area contributed by atoms with Gasteiger partial charge in [-0.3, -0.25) is 0 Å². The third-order valence-electron chi connectivity index (χ3n) is 7.62. The third-order valence-corrected chi connectivity index (χ3v) is 7.62. The standard InChI is InChI=1S/C34H37N/c1-22-14-17-27-28-19-24(3)32(21-30(28)34(7,8)29(27)18-22)35(33(4,5)6)31-20-26(16-15-23(31)2)25-12-10-9-11-13-25/h9-21H,1-8H3. The maximum atomic E-state index is 2.55. The summed E-state index contributed by atoms with van der Waals surface area (Å²) in [6.07, 6.45) is 0. The first-order chi connectivity index (χ1) is 16.5. The molecule has 1 heteroatoms. The van der Waals surface area contributed by atoms with Crippen molar-refractivity contribution in [1.82, 2.24) is 0 Å². The minimum Gasteiger partial charge on any atom is -0.336 e. The lowest BCUT2D eigenvalue weighted by molar-refractivity contribution is 0.557. The summed E-state index contributed by atoms with van der Waals surface area (Å²) in [4.78, 5) is 2.55. The molecule has 4 aromatic carbocycles. The van der Waals surface area contributed by atoms with Crippen molar-refractivity contribution in [2.75, 3.05) is 4.90 Å². The molecule has 0 bridgehead atoms. The number of nitrogens with zero attached hydrogens (tertiary/aromatic N) is 1. The Kier molecular flexibility index (Phi) is 5.44. The Labute approximate surface area is 211 Å². The smallest absolute Gasteiger partial charge is 0.0451 e. The summed E-state index contributed by atoms with van der Waals surface area (Å²) in [6, 6.07) is 29.4. The first kappa shape index (κ1) is 23.4. The Balaban J connectivity index is 1.72. The molecule has 0 saturated heterocycles. The number of fused-ring (bicyclic) bond motifs is 3. The first-order valence-electron chi connectivity index (χ1n) is 12.7. The molecule has 0 spiro atoms. The van der Waals surface area contributed by atoms with Gasteiger partial charge in [-0.25, -0.2) is 0 Å². The number of rotatable bonds is 3. The molecule has 5 rings (SSSR count). The first-order valence-corrected chi connectivity index (χ1v) is 12.7. The molecule has 35 heavy (non-hydrogen) atoms. The van der Waals surface area contributed by atoms with Crippen LogP contribution in [0.1, 0.15) is 62.4 Å². The largest absolute Gasteiger partial charge is 0.336 e. The van der Waals surface area contributed by atoms with Crippen molar-refractivity contribution in [1.29, 1.82) is 0 Å². The highest BCUT2D eigenvalue weighted by Crippen LogP contribution is 2.52. The molecule has 0 saturated carbocycles. The molecule has 1 nitrogen and oxygen atoms in total. The predicted octanol–water partition coefficient (Wildman–Crippen LogP) is 9.52. The molecule has 1 aliphatic carbocycles. The van der Waals surface area contributed by atoms with Gasteiger partial charge in [0.15, 0.2) is 0 Å². The van der Waals surface area contributed by atoms with Crippen LogP contribution in [0.2, 0.25) is 0 Å². The molecule has 0 amide bonds. The lowest BCUT2D eigenvalue weighted by Crippen LogP contribution is -2.38. The molecule has 0 heterocycles. The number of anilines is 2. The summed E-state index contributed by atoms with van der Waals surface area (Å²) >= 11 is 0. The van der Waals surface area contributed by atoms with E-state index in [1.54, 1.807) is 0 Å². The van der Waals surface area contributed by atoms with Gasteiger partial charge in [0.25, 0.3) is 0 Å². The summed E-state index contributed by atoms with van der Waals surface area (Å²) in [7, 11) is 0. The molecule has 4 aromatic rings. The monoisotopic (exact) mass is 459 g/mol. The van der Waals surface area contributed by atoms with Crippen molar-refractivity contribution < 1.29 is 0 Å². The number of aryl methyl sites for hydroxylation is 3. The number of hydrogen-bond acceptors (Lipinski definition) is 1. The highest BCUT2D eigenvalue weighted by molar-refractivity contribution is 5.86. The van der Waals surface area contributed by atoms with Gasteiger partial charge in [0, 0.05) is 22.3 Å². The summed E-state index contributed by atoms with van der Waals surface area (Å²) < 4.78 is 0. The van der Waals surface area contributed by atoms with Crippen molar-refractivity contribution >= 4 is 11.4 Å². The van der Waals surface area contributed by atoms with Crippen LogP contribution in [0.3, 0.4) is 0 Å².